The summed E-state index contributed by atoms with van der Waals surface area (Å²) in [6, 6.07) is 6.07. The fraction of sp³-hybridized carbons (Fsp3) is 0.385. The molecule has 0 unspecified atom stereocenters. The van der Waals surface area contributed by atoms with Crippen LogP contribution in [0.2, 0.25) is 0 Å². The number of fused-ring (bicyclic) bond motifs is 1. The molecular weight excluding hydrogens is 184 g/mol. The highest BCUT2D eigenvalue weighted by molar-refractivity contribution is 5.66. The Kier molecular flexibility index (Phi) is 4.37. The largest absolute Gasteiger partial charge is 0.399 e. The van der Waals surface area contributed by atoms with Crippen LogP contribution in [-0.2, 0) is 6.42 Å². The van der Waals surface area contributed by atoms with Crippen LogP contribution in [-0.4, -0.2) is 6.54 Å². The lowest BCUT2D eigenvalue weighted by Gasteiger charge is -2.00. The maximum Gasteiger partial charge on any atom is 0.0317 e. The quantitative estimate of drug-likeness (QED) is 0.727. The van der Waals surface area contributed by atoms with E-state index in [1.165, 1.54) is 16.7 Å². The van der Waals surface area contributed by atoms with E-state index in [1.54, 1.807) is 0 Å². The number of hydrogen-bond acceptors (Lipinski definition) is 2. The summed E-state index contributed by atoms with van der Waals surface area (Å²) in [5, 5.41) is 0. The van der Waals surface area contributed by atoms with E-state index in [0.29, 0.717) is 0 Å². The van der Waals surface area contributed by atoms with Crippen molar-refractivity contribution in [2.45, 2.75) is 26.7 Å². The molecular formula is C13H20N2. The number of nitrogens with two attached hydrogens (primary N) is 2. The van der Waals surface area contributed by atoms with E-state index >= 15 is 0 Å². The van der Waals surface area contributed by atoms with E-state index in [2.05, 4.69) is 18.2 Å². The van der Waals surface area contributed by atoms with Crippen LogP contribution in [0.4, 0.5) is 5.69 Å². The van der Waals surface area contributed by atoms with E-state index in [-0.39, 0.29) is 0 Å². The SMILES string of the molecule is CC.NCCC1=Cc2ccc(N)cc2C1. The van der Waals surface area contributed by atoms with E-state index < -0.39 is 0 Å². The molecule has 82 valence electrons. The molecule has 2 rings (SSSR count). The Balaban J connectivity index is 0.000000531. The Morgan fingerprint density at radius 2 is 2.00 bits per heavy atom. The monoisotopic (exact) mass is 204 g/mol. The molecule has 0 heterocycles. The van der Waals surface area contributed by atoms with Crippen LogP contribution in [0.1, 0.15) is 31.4 Å². The first kappa shape index (κ1) is 11.8. The van der Waals surface area contributed by atoms with Gasteiger partial charge >= 0.3 is 0 Å². The first-order valence-corrected chi connectivity index (χ1v) is 5.57. The average molecular weight is 204 g/mol. The van der Waals surface area contributed by atoms with E-state index in [9.17, 15) is 0 Å². The van der Waals surface area contributed by atoms with Crippen molar-refractivity contribution in [3.05, 3.63) is 34.9 Å². The van der Waals surface area contributed by atoms with Gasteiger partial charge in [0.2, 0.25) is 0 Å². The first-order valence-electron chi connectivity index (χ1n) is 5.57. The Morgan fingerprint density at radius 1 is 1.27 bits per heavy atom. The van der Waals surface area contributed by atoms with Crippen molar-refractivity contribution in [2.24, 2.45) is 5.73 Å². The molecule has 0 radical (unpaired) electrons. The summed E-state index contributed by atoms with van der Waals surface area (Å²) in [5.41, 5.74) is 16.1. The van der Waals surface area contributed by atoms with Crippen LogP contribution in [0.25, 0.3) is 6.08 Å². The second kappa shape index (κ2) is 5.56. The Labute approximate surface area is 92.0 Å². The maximum atomic E-state index is 5.70. The third-order valence-corrected chi connectivity index (χ3v) is 2.41. The van der Waals surface area contributed by atoms with Crippen molar-refractivity contribution in [1.29, 1.82) is 0 Å². The van der Waals surface area contributed by atoms with Crippen molar-refractivity contribution < 1.29 is 0 Å². The average Bonchev–Trinajstić information content (AvgIpc) is 2.63. The molecule has 1 aliphatic carbocycles. The summed E-state index contributed by atoms with van der Waals surface area (Å²) in [4.78, 5) is 0. The van der Waals surface area contributed by atoms with Crippen molar-refractivity contribution in [2.75, 3.05) is 12.3 Å². The molecule has 2 nitrogen and oxygen atoms in total. The molecule has 0 saturated carbocycles. The summed E-state index contributed by atoms with van der Waals surface area (Å²) >= 11 is 0. The smallest absolute Gasteiger partial charge is 0.0317 e. The topological polar surface area (TPSA) is 52.0 Å². The predicted molar refractivity (Wildman–Crippen MR) is 67.6 cm³/mol. The lowest BCUT2D eigenvalue weighted by atomic mass is 10.1. The van der Waals surface area contributed by atoms with Gasteiger partial charge in [-0.3, -0.25) is 0 Å². The lowest BCUT2D eigenvalue weighted by molar-refractivity contribution is 0.927. The molecule has 0 aromatic heterocycles. The fourth-order valence-corrected chi connectivity index (χ4v) is 1.78. The first-order chi connectivity index (χ1) is 7.29. The minimum Gasteiger partial charge on any atom is -0.399 e. The molecule has 4 N–H and O–H groups in total. The van der Waals surface area contributed by atoms with Crippen LogP contribution < -0.4 is 11.5 Å². The summed E-state index contributed by atoms with van der Waals surface area (Å²) in [6.45, 7) is 4.73. The van der Waals surface area contributed by atoms with E-state index in [0.717, 1.165) is 25.1 Å². The summed E-state index contributed by atoms with van der Waals surface area (Å²) in [5.74, 6) is 0. The van der Waals surface area contributed by atoms with Gasteiger partial charge in [0, 0.05) is 5.69 Å². The third-order valence-electron chi connectivity index (χ3n) is 2.41. The number of hydrogen-bond donors (Lipinski definition) is 2. The molecule has 15 heavy (non-hydrogen) atoms. The minimum atomic E-state index is 0.731. The molecule has 2 heteroatoms. The van der Waals surface area contributed by atoms with Crippen LogP contribution >= 0.6 is 0 Å². The normalized spacial score (nSPS) is 12.6. The zero-order valence-electron chi connectivity index (χ0n) is 9.59. The molecule has 0 aliphatic heterocycles. The van der Waals surface area contributed by atoms with Crippen molar-refractivity contribution in [3.63, 3.8) is 0 Å². The Hall–Kier alpha value is -1.28. The van der Waals surface area contributed by atoms with Gasteiger partial charge in [0.05, 0.1) is 0 Å². The Morgan fingerprint density at radius 3 is 2.67 bits per heavy atom. The highest BCUT2D eigenvalue weighted by Gasteiger charge is 2.11. The molecule has 0 fully saturated rings. The van der Waals surface area contributed by atoms with Gasteiger partial charge < -0.3 is 11.5 Å². The second-order valence-electron chi connectivity index (χ2n) is 3.48. The van der Waals surface area contributed by atoms with Crippen molar-refractivity contribution in [3.8, 4) is 0 Å². The zero-order valence-corrected chi connectivity index (χ0v) is 9.59. The molecule has 0 saturated heterocycles. The molecule has 0 atom stereocenters. The molecule has 1 aliphatic rings. The fourth-order valence-electron chi connectivity index (χ4n) is 1.78. The van der Waals surface area contributed by atoms with Gasteiger partial charge in [0.15, 0.2) is 0 Å². The van der Waals surface area contributed by atoms with Gasteiger partial charge in [-0.05, 0) is 42.6 Å². The van der Waals surface area contributed by atoms with Crippen LogP contribution in [0.3, 0.4) is 0 Å². The molecule has 1 aromatic rings. The van der Waals surface area contributed by atoms with Crippen molar-refractivity contribution in [1.82, 2.24) is 0 Å². The van der Waals surface area contributed by atoms with Gasteiger partial charge in [-0.1, -0.05) is 31.6 Å². The van der Waals surface area contributed by atoms with E-state index in [4.69, 9.17) is 11.5 Å². The van der Waals surface area contributed by atoms with E-state index in [1.807, 2.05) is 19.9 Å². The van der Waals surface area contributed by atoms with Gasteiger partial charge in [0.1, 0.15) is 0 Å². The van der Waals surface area contributed by atoms with Gasteiger partial charge in [-0.2, -0.15) is 0 Å². The zero-order chi connectivity index (χ0) is 11.3. The van der Waals surface area contributed by atoms with Gasteiger partial charge in [-0.15, -0.1) is 0 Å². The third kappa shape index (κ3) is 2.83. The standard InChI is InChI=1S/C11H14N2.C2H6/c12-4-3-8-5-9-1-2-11(13)7-10(9)6-8;1-2/h1-2,5,7H,3-4,6,12-13H2;1-2H3. The van der Waals surface area contributed by atoms with Crippen LogP contribution in [0.15, 0.2) is 23.8 Å². The number of anilines is 1. The van der Waals surface area contributed by atoms with Crippen LogP contribution in [0, 0.1) is 0 Å². The van der Waals surface area contributed by atoms with Crippen LogP contribution in [0.5, 0.6) is 0 Å². The predicted octanol–water partition coefficient (Wildman–Crippen LogP) is 2.58. The highest BCUT2D eigenvalue weighted by atomic mass is 14.5. The number of nitrogen functional groups attached to an aromatic ring is 1. The summed E-state index contributed by atoms with van der Waals surface area (Å²) < 4.78 is 0. The molecule has 1 aromatic carbocycles. The summed E-state index contributed by atoms with van der Waals surface area (Å²) in [7, 11) is 0. The van der Waals surface area contributed by atoms with Gasteiger partial charge in [0.25, 0.3) is 0 Å². The lowest BCUT2D eigenvalue weighted by Crippen LogP contribution is -2.00. The molecule has 0 bridgehead atoms. The minimum absolute atomic E-state index is 0.731. The van der Waals surface area contributed by atoms with Crippen molar-refractivity contribution >= 4 is 11.8 Å². The number of rotatable bonds is 2. The molecule has 0 amide bonds. The second-order valence-corrected chi connectivity index (χ2v) is 3.48. The Bertz CT molecular complexity index is 354. The highest BCUT2D eigenvalue weighted by Crippen LogP contribution is 2.27. The maximum absolute atomic E-state index is 5.70. The van der Waals surface area contributed by atoms with Gasteiger partial charge in [-0.25, -0.2) is 0 Å². The number of benzene rings is 1. The summed E-state index contributed by atoms with van der Waals surface area (Å²) in [6.07, 6.45) is 4.24. The molecule has 0 spiro atoms.